The molecule has 2 aromatic carbocycles. The topological polar surface area (TPSA) is 66.5 Å². The molecule has 0 saturated carbocycles. The van der Waals surface area contributed by atoms with Crippen LogP contribution in [-0.2, 0) is 14.8 Å². The molecule has 0 heterocycles. The van der Waals surface area contributed by atoms with Crippen molar-refractivity contribution < 1.29 is 13.2 Å². The quantitative estimate of drug-likeness (QED) is 0.812. The van der Waals surface area contributed by atoms with E-state index in [9.17, 15) is 13.2 Å². The van der Waals surface area contributed by atoms with E-state index in [1.165, 1.54) is 0 Å². The van der Waals surface area contributed by atoms with Crippen molar-refractivity contribution >= 4 is 33.2 Å². The predicted octanol–water partition coefficient (Wildman–Crippen LogP) is 3.68. The number of nitrogens with zero attached hydrogens (tertiary/aromatic N) is 1. The summed E-state index contributed by atoms with van der Waals surface area (Å²) >= 11 is 5.87. The molecular weight excluding hydrogens is 372 g/mol. The van der Waals surface area contributed by atoms with Crippen molar-refractivity contribution in [3.63, 3.8) is 0 Å². The van der Waals surface area contributed by atoms with Gasteiger partial charge in [0, 0.05) is 5.02 Å². The number of carbonyl (C=O) groups excluding carboxylic acids is 1. The van der Waals surface area contributed by atoms with Crippen LogP contribution in [0.5, 0.6) is 0 Å². The molecule has 0 aromatic heterocycles. The molecule has 1 N–H and O–H groups in total. The number of sulfonamides is 1. The van der Waals surface area contributed by atoms with Crippen LogP contribution in [0.4, 0.5) is 5.69 Å². The van der Waals surface area contributed by atoms with Gasteiger partial charge in [0.05, 0.1) is 18.0 Å². The maximum atomic E-state index is 12.7. The number of hydrogen-bond acceptors (Lipinski definition) is 3. The molecule has 140 valence electrons. The number of nitrogens with one attached hydrogen (secondary N) is 1. The Hall–Kier alpha value is -2.05. The zero-order valence-corrected chi connectivity index (χ0v) is 16.8. The molecule has 5 nitrogen and oxygen atoms in total. The van der Waals surface area contributed by atoms with Gasteiger partial charge in [0.1, 0.15) is 6.04 Å². The third-order valence-electron chi connectivity index (χ3n) is 4.11. The normalized spacial score (nSPS) is 13.7. The highest BCUT2D eigenvalue weighted by Gasteiger charge is 2.29. The first-order valence-electron chi connectivity index (χ1n) is 8.21. The number of anilines is 1. The van der Waals surface area contributed by atoms with Crippen molar-refractivity contribution in [1.29, 1.82) is 0 Å². The Morgan fingerprint density at radius 3 is 2.08 bits per heavy atom. The Kier molecular flexibility index (Phi) is 6.31. The number of amides is 1. The van der Waals surface area contributed by atoms with Gasteiger partial charge in [-0.25, -0.2) is 8.42 Å². The van der Waals surface area contributed by atoms with E-state index in [-0.39, 0.29) is 11.9 Å². The Morgan fingerprint density at radius 1 is 1.04 bits per heavy atom. The third-order valence-corrected chi connectivity index (χ3v) is 5.60. The molecule has 0 aliphatic rings. The van der Waals surface area contributed by atoms with Crippen LogP contribution in [0.1, 0.15) is 31.0 Å². The minimum Gasteiger partial charge on any atom is -0.348 e. The zero-order valence-electron chi connectivity index (χ0n) is 15.2. The molecule has 0 bridgehead atoms. The summed E-state index contributed by atoms with van der Waals surface area (Å²) in [5, 5.41) is 3.37. The molecule has 7 heteroatoms. The lowest BCUT2D eigenvalue weighted by Crippen LogP contribution is -2.48. The van der Waals surface area contributed by atoms with Crippen LogP contribution in [0.2, 0.25) is 5.02 Å². The lowest BCUT2D eigenvalue weighted by molar-refractivity contribution is -0.122. The first-order chi connectivity index (χ1) is 12.1. The highest BCUT2D eigenvalue weighted by atomic mass is 35.5. The van der Waals surface area contributed by atoms with Gasteiger partial charge in [0.15, 0.2) is 0 Å². The Balaban J connectivity index is 2.22. The van der Waals surface area contributed by atoms with Crippen molar-refractivity contribution in [2.75, 3.05) is 10.6 Å². The SMILES string of the molecule is Cc1ccc([C@H](C)NC(=O)[C@H](C)N(c2ccc(Cl)cc2)S(C)(=O)=O)cc1. The van der Waals surface area contributed by atoms with Gasteiger partial charge >= 0.3 is 0 Å². The van der Waals surface area contributed by atoms with Crippen LogP contribution in [0.3, 0.4) is 0 Å². The van der Waals surface area contributed by atoms with Gasteiger partial charge in [-0.05, 0) is 50.6 Å². The van der Waals surface area contributed by atoms with Gasteiger partial charge in [-0.1, -0.05) is 41.4 Å². The van der Waals surface area contributed by atoms with Crippen LogP contribution in [-0.4, -0.2) is 26.6 Å². The maximum absolute atomic E-state index is 12.7. The minimum absolute atomic E-state index is 0.239. The van der Waals surface area contributed by atoms with Crippen molar-refractivity contribution in [2.45, 2.75) is 32.9 Å². The Morgan fingerprint density at radius 2 is 1.58 bits per heavy atom. The fourth-order valence-electron chi connectivity index (χ4n) is 2.67. The van der Waals surface area contributed by atoms with Gasteiger partial charge in [0.25, 0.3) is 0 Å². The first-order valence-corrected chi connectivity index (χ1v) is 10.4. The molecule has 0 radical (unpaired) electrons. The summed E-state index contributed by atoms with van der Waals surface area (Å²) < 4.78 is 25.6. The molecule has 2 atom stereocenters. The Labute approximate surface area is 160 Å². The lowest BCUT2D eigenvalue weighted by Gasteiger charge is -2.29. The highest BCUT2D eigenvalue weighted by Crippen LogP contribution is 2.23. The van der Waals surface area contributed by atoms with E-state index in [1.54, 1.807) is 31.2 Å². The van der Waals surface area contributed by atoms with Crippen molar-refractivity contribution in [3.8, 4) is 0 Å². The summed E-state index contributed by atoms with van der Waals surface area (Å²) in [4.78, 5) is 12.7. The molecular formula is C19H23ClN2O3S. The number of benzene rings is 2. The smallest absolute Gasteiger partial charge is 0.244 e. The fourth-order valence-corrected chi connectivity index (χ4v) is 3.97. The summed E-state index contributed by atoms with van der Waals surface area (Å²) in [6.45, 7) is 5.42. The molecule has 1 amide bonds. The summed E-state index contributed by atoms with van der Waals surface area (Å²) in [5.41, 5.74) is 2.47. The standard InChI is InChI=1S/C19H23ClN2O3S/c1-13-5-7-16(8-6-13)14(2)21-19(23)15(3)22(26(4,24)25)18-11-9-17(20)10-12-18/h5-12,14-15H,1-4H3,(H,21,23)/t14-,15-/m0/s1. The zero-order chi connectivity index (χ0) is 19.5. The third kappa shape index (κ3) is 4.99. The lowest BCUT2D eigenvalue weighted by atomic mass is 10.1. The monoisotopic (exact) mass is 394 g/mol. The average Bonchev–Trinajstić information content (AvgIpc) is 2.56. The minimum atomic E-state index is -3.65. The van der Waals surface area contributed by atoms with E-state index in [0.717, 1.165) is 21.7 Å². The van der Waals surface area contributed by atoms with E-state index in [0.29, 0.717) is 10.7 Å². The number of carbonyl (C=O) groups is 1. The number of aryl methyl sites for hydroxylation is 1. The average molecular weight is 395 g/mol. The molecule has 0 fully saturated rings. The molecule has 0 aliphatic heterocycles. The van der Waals surface area contributed by atoms with Crippen LogP contribution in [0.15, 0.2) is 48.5 Å². The van der Waals surface area contributed by atoms with E-state index >= 15 is 0 Å². The van der Waals surface area contributed by atoms with Crippen molar-refractivity contribution in [2.24, 2.45) is 0 Å². The maximum Gasteiger partial charge on any atom is 0.244 e. The van der Waals surface area contributed by atoms with Crippen LogP contribution in [0, 0.1) is 6.92 Å². The number of rotatable bonds is 6. The molecule has 0 spiro atoms. The van der Waals surface area contributed by atoms with Gasteiger partial charge < -0.3 is 5.32 Å². The predicted molar refractivity (Wildman–Crippen MR) is 106 cm³/mol. The molecule has 2 rings (SSSR count). The van der Waals surface area contributed by atoms with Gasteiger partial charge in [0.2, 0.25) is 15.9 Å². The molecule has 0 saturated heterocycles. The van der Waals surface area contributed by atoms with E-state index in [1.807, 2.05) is 38.1 Å². The number of hydrogen-bond donors (Lipinski definition) is 1. The Bertz CT molecular complexity index is 865. The summed E-state index contributed by atoms with van der Waals surface area (Å²) in [5.74, 6) is -0.376. The van der Waals surface area contributed by atoms with Crippen LogP contribution >= 0.6 is 11.6 Å². The van der Waals surface area contributed by atoms with Gasteiger partial charge in [-0.2, -0.15) is 0 Å². The molecule has 0 aliphatic carbocycles. The summed E-state index contributed by atoms with van der Waals surface area (Å²) in [6.07, 6.45) is 1.08. The van der Waals surface area contributed by atoms with Crippen LogP contribution < -0.4 is 9.62 Å². The van der Waals surface area contributed by atoms with Gasteiger partial charge in [-0.3, -0.25) is 9.10 Å². The molecule has 26 heavy (non-hydrogen) atoms. The fraction of sp³-hybridized carbons (Fsp3) is 0.316. The number of halogens is 1. The second-order valence-electron chi connectivity index (χ2n) is 6.35. The van der Waals surface area contributed by atoms with E-state index in [4.69, 9.17) is 11.6 Å². The summed E-state index contributed by atoms with van der Waals surface area (Å²) in [7, 11) is -3.65. The van der Waals surface area contributed by atoms with E-state index < -0.39 is 16.1 Å². The largest absolute Gasteiger partial charge is 0.348 e. The van der Waals surface area contributed by atoms with E-state index in [2.05, 4.69) is 5.32 Å². The first kappa shape index (κ1) is 20.3. The summed E-state index contributed by atoms with van der Waals surface area (Å²) in [6, 6.07) is 13.0. The molecule has 2 aromatic rings. The van der Waals surface area contributed by atoms with Gasteiger partial charge in [-0.15, -0.1) is 0 Å². The molecule has 0 unspecified atom stereocenters. The highest BCUT2D eigenvalue weighted by molar-refractivity contribution is 7.92. The van der Waals surface area contributed by atoms with Crippen molar-refractivity contribution in [3.05, 3.63) is 64.7 Å². The second-order valence-corrected chi connectivity index (χ2v) is 8.65. The van der Waals surface area contributed by atoms with Crippen LogP contribution in [0.25, 0.3) is 0 Å². The van der Waals surface area contributed by atoms with Crippen molar-refractivity contribution in [1.82, 2.24) is 5.32 Å². The second kappa shape index (κ2) is 8.10.